The van der Waals surface area contributed by atoms with E-state index >= 15 is 0 Å². The van der Waals surface area contributed by atoms with Crippen LogP contribution in [0.2, 0.25) is 0 Å². The summed E-state index contributed by atoms with van der Waals surface area (Å²) in [7, 11) is 0. The quantitative estimate of drug-likeness (QED) is 0.604. The van der Waals surface area contributed by atoms with Crippen molar-refractivity contribution in [2.45, 2.75) is 6.10 Å². The molecule has 0 amide bonds. The highest BCUT2D eigenvalue weighted by Crippen LogP contribution is 2.05. The Kier molecular flexibility index (Phi) is 5.43. The maximum atomic E-state index is 11.8. The van der Waals surface area contributed by atoms with E-state index in [0.29, 0.717) is 17.4 Å². The fourth-order valence-electron chi connectivity index (χ4n) is 1.70. The Labute approximate surface area is 127 Å². The summed E-state index contributed by atoms with van der Waals surface area (Å²) in [5.41, 5.74) is 0.685. The standard InChI is InChI=1S/C17H14O5/c18-11-15(22-17(20)14-9-5-2-6-10-14)12-21-16(19)13-7-3-1-4-8-13/h1-11,15H,12H2/t15-/m0/s1. The van der Waals surface area contributed by atoms with Crippen LogP contribution >= 0.6 is 0 Å². The molecular formula is C17H14O5. The summed E-state index contributed by atoms with van der Waals surface area (Å²) in [6.07, 6.45) is -0.709. The first kappa shape index (κ1) is 15.4. The van der Waals surface area contributed by atoms with Gasteiger partial charge in [-0.3, -0.25) is 4.79 Å². The number of rotatable bonds is 6. The van der Waals surface area contributed by atoms with E-state index in [2.05, 4.69) is 0 Å². The summed E-state index contributed by atoms with van der Waals surface area (Å²) >= 11 is 0. The SMILES string of the molecule is O=C[C@@H](COC(=O)c1ccccc1)OC(=O)c1ccccc1. The zero-order valence-corrected chi connectivity index (χ0v) is 11.7. The smallest absolute Gasteiger partial charge is 0.338 e. The first-order valence-electron chi connectivity index (χ1n) is 6.64. The van der Waals surface area contributed by atoms with E-state index in [1.54, 1.807) is 60.7 Å². The number of benzene rings is 2. The molecule has 0 radical (unpaired) electrons. The molecule has 0 aliphatic heterocycles. The fourth-order valence-corrected chi connectivity index (χ4v) is 1.70. The van der Waals surface area contributed by atoms with Crippen molar-refractivity contribution in [1.29, 1.82) is 0 Å². The van der Waals surface area contributed by atoms with Gasteiger partial charge in [-0.05, 0) is 24.3 Å². The van der Waals surface area contributed by atoms with Gasteiger partial charge in [0.1, 0.15) is 6.61 Å². The highest BCUT2D eigenvalue weighted by atomic mass is 16.6. The van der Waals surface area contributed by atoms with E-state index in [1.807, 2.05) is 0 Å². The predicted molar refractivity (Wildman–Crippen MR) is 78.4 cm³/mol. The maximum Gasteiger partial charge on any atom is 0.338 e. The second kappa shape index (κ2) is 7.73. The second-order valence-corrected chi connectivity index (χ2v) is 4.41. The van der Waals surface area contributed by atoms with Crippen LogP contribution in [-0.2, 0) is 14.3 Å². The normalized spacial score (nSPS) is 11.3. The summed E-state index contributed by atoms with van der Waals surface area (Å²) in [6, 6.07) is 16.6. The van der Waals surface area contributed by atoms with E-state index in [9.17, 15) is 14.4 Å². The van der Waals surface area contributed by atoms with Crippen LogP contribution in [0.3, 0.4) is 0 Å². The molecule has 0 aromatic heterocycles. The first-order valence-corrected chi connectivity index (χ1v) is 6.64. The lowest BCUT2D eigenvalue weighted by Crippen LogP contribution is -2.26. The van der Waals surface area contributed by atoms with Crippen LogP contribution in [0.4, 0.5) is 0 Å². The van der Waals surface area contributed by atoms with Gasteiger partial charge in [-0.1, -0.05) is 36.4 Å². The summed E-state index contributed by atoms with van der Waals surface area (Å²) in [4.78, 5) is 34.5. The molecule has 0 spiro atoms. The summed E-state index contributed by atoms with van der Waals surface area (Å²) in [5, 5.41) is 0. The van der Waals surface area contributed by atoms with Crippen molar-refractivity contribution in [1.82, 2.24) is 0 Å². The van der Waals surface area contributed by atoms with Gasteiger partial charge < -0.3 is 9.47 Å². The Bertz CT molecular complexity index is 637. The molecule has 112 valence electrons. The molecule has 0 saturated carbocycles. The van der Waals surface area contributed by atoms with E-state index in [0.717, 1.165) is 0 Å². The number of aldehydes is 1. The largest absolute Gasteiger partial charge is 0.458 e. The van der Waals surface area contributed by atoms with Crippen LogP contribution in [0.1, 0.15) is 20.7 Å². The molecule has 0 aliphatic rings. The third-order valence-corrected chi connectivity index (χ3v) is 2.81. The van der Waals surface area contributed by atoms with Crippen molar-refractivity contribution in [3.05, 3.63) is 71.8 Å². The average Bonchev–Trinajstić information content (AvgIpc) is 2.59. The molecule has 0 N–H and O–H groups in total. The Balaban J connectivity index is 1.89. The number of carbonyl (C=O) groups is 3. The van der Waals surface area contributed by atoms with Gasteiger partial charge in [-0.25, -0.2) is 9.59 Å². The number of esters is 2. The lowest BCUT2D eigenvalue weighted by molar-refractivity contribution is -0.117. The molecule has 2 aromatic carbocycles. The number of hydrogen-bond acceptors (Lipinski definition) is 5. The van der Waals surface area contributed by atoms with Gasteiger partial charge in [0.2, 0.25) is 0 Å². The number of hydrogen-bond donors (Lipinski definition) is 0. The molecule has 0 bridgehead atoms. The lowest BCUT2D eigenvalue weighted by Gasteiger charge is -2.12. The van der Waals surface area contributed by atoms with E-state index in [-0.39, 0.29) is 6.61 Å². The zero-order valence-electron chi connectivity index (χ0n) is 11.7. The van der Waals surface area contributed by atoms with Gasteiger partial charge in [-0.15, -0.1) is 0 Å². The molecule has 2 rings (SSSR count). The first-order chi connectivity index (χ1) is 10.7. The molecule has 0 saturated heterocycles. The van der Waals surface area contributed by atoms with Crippen LogP contribution < -0.4 is 0 Å². The van der Waals surface area contributed by atoms with Gasteiger partial charge in [0, 0.05) is 0 Å². The summed E-state index contributed by atoms with van der Waals surface area (Å²) in [5.74, 6) is -1.23. The summed E-state index contributed by atoms with van der Waals surface area (Å²) < 4.78 is 9.96. The van der Waals surface area contributed by atoms with Crippen molar-refractivity contribution in [2.75, 3.05) is 6.61 Å². The molecule has 0 unspecified atom stereocenters. The third kappa shape index (κ3) is 4.28. The van der Waals surface area contributed by atoms with Crippen LogP contribution in [0.25, 0.3) is 0 Å². The topological polar surface area (TPSA) is 69.7 Å². The zero-order chi connectivity index (χ0) is 15.8. The van der Waals surface area contributed by atoms with Gasteiger partial charge in [-0.2, -0.15) is 0 Å². The number of carbonyl (C=O) groups excluding carboxylic acids is 3. The van der Waals surface area contributed by atoms with E-state index in [4.69, 9.17) is 9.47 Å². The van der Waals surface area contributed by atoms with Gasteiger partial charge in [0.25, 0.3) is 0 Å². The minimum absolute atomic E-state index is 0.323. The molecule has 0 heterocycles. The fraction of sp³-hybridized carbons (Fsp3) is 0.118. The van der Waals surface area contributed by atoms with Crippen LogP contribution in [0.15, 0.2) is 60.7 Å². The molecule has 0 fully saturated rings. The van der Waals surface area contributed by atoms with Crippen LogP contribution in [-0.4, -0.2) is 30.9 Å². The van der Waals surface area contributed by atoms with Gasteiger partial charge in [0.05, 0.1) is 11.1 Å². The van der Waals surface area contributed by atoms with Crippen LogP contribution in [0, 0.1) is 0 Å². The molecular weight excluding hydrogens is 284 g/mol. The monoisotopic (exact) mass is 298 g/mol. The van der Waals surface area contributed by atoms with E-state index in [1.165, 1.54) is 0 Å². The van der Waals surface area contributed by atoms with Crippen molar-refractivity contribution < 1.29 is 23.9 Å². The highest BCUT2D eigenvalue weighted by Gasteiger charge is 2.17. The number of ether oxygens (including phenoxy) is 2. The third-order valence-electron chi connectivity index (χ3n) is 2.81. The molecule has 5 heteroatoms. The van der Waals surface area contributed by atoms with E-state index < -0.39 is 18.0 Å². The molecule has 5 nitrogen and oxygen atoms in total. The Morgan fingerprint density at radius 1 is 0.864 bits per heavy atom. The predicted octanol–water partition coefficient (Wildman–Crippen LogP) is 2.27. The van der Waals surface area contributed by atoms with Crippen LogP contribution in [0.5, 0.6) is 0 Å². The van der Waals surface area contributed by atoms with Gasteiger partial charge in [0.15, 0.2) is 12.4 Å². The Hall–Kier alpha value is -2.95. The highest BCUT2D eigenvalue weighted by molar-refractivity contribution is 5.91. The van der Waals surface area contributed by atoms with Crippen molar-refractivity contribution in [2.24, 2.45) is 0 Å². The minimum Gasteiger partial charge on any atom is -0.458 e. The van der Waals surface area contributed by atoms with Crippen molar-refractivity contribution in [3.8, 4) is 0 Å². The summed E-state index contributed by atoms with van der Waals surface area (Å²) in [6.45, 7) is -0.324. The lowest BCUT2D eigenvalue weighted by atomic mass is 10.2. The Morgan fingerprint density at radius 2 is 1.36 bits per heavy atom. The second-order valence-electron chi connectivity index (χ2n) is 4.41. The average molecular weight is 298 g/mol. The van der Waals surface area contributed by atoms with Crippen molar-refractivity contribution >= 4 is 18.2 Å². The maximum absolute atomic E-state index is 11.8. The van der Waals surface area contributed by atoms with Crippen molar-refractivity contribution in [3.63, 3.8) is 0 Å². The van der Waals surface area contributed by atoms with Gasteiger partial charge >= 0.3 is 11.9 Å². The minimum atomic E-state index is -1.14. The molecule has 1 atom stereocenters. The Morgan fingerprint density at radius 3 is 1.86 bits per heavy atom. The molecule has 2 aromatic rings. The molecule has 22 heavy (non-hydrogen) atoms. The molecule has 0 aliphatic carbocycles.